The van der Waals surface area contributed by atoms with Crippen molar-refractivity contribution in [1.29, 1.82) is 0 Å². The minimum absolute atomic E-state index is 0.240. The van der Waals surface area contributed by atoms with Crippen molar-refractivity contribution in [1.82, 2.24) is 25.7 Å². The van der Waals surface area contributed by atoms with Crippen molar-refractivity contribution in [3.63, 3.8) is 0 Å². The van der Waals surface area contributed by atoms with E-state index in [2.05, 4.69) is 38.7 Å². The third kappa shape index (κ3) is 3.84. The number of nitrogens with zero attached hydrogens (tertiary/aromatic N) is 2. The van der Waals surface area contributed by atoms with E-state index in [4.69, 9.17) is 0 Å². The zero-order valence-corrected chi connectivity index (χ0v) is 13.2. The topological polar surface area (TPSA) is 69.4 Å². The average molecular weight is 313 g/mol. The lowest BCUT2D eigenvalue weighted by Gasteiger charge is -2.12. The van der Waals surface area contributed by atoms with Gasteiger partial charge in [0, 0.05) is 35.8 Å². The quantitative estimate of drug-likeness (QED) is 0.655. The van der Waals surface area contributed by atoms with Crippen molar-refractivity contribution in [3.05, 3.63) is 59.3 Å². The fraction of sp³-hybridized carbons (Fsp3) is 0.294. The Morgan fingerprint density at radius 1 is 1.22 bits per heavy atom. The first-order valence-corrected chi connectivity index (χ1v) is 7.64. The van der Waals surface area contributed by atoms with Gasteiger partial charge in [-0.05, 0) is 44.2 Å². The van der Waals surface area contributed by atoms with Crippen molar-refractivity contribution in [2.75, 3.05) is 0 Å². The number of H-pyrrole nitrogens is 2. The molecule has 0 unspecified atom stereocenters. The first kappa shape index (κ1) is 15.4. The third-order valence-electron chi connectivity index (χ3n) is 3.77. The van der Waals surface area contributed by atoms with Crippen molar-refractivity contribution < 1.29 is 4.39 Å². The van der Waals surface area contributed by atoms with E-state index in [9.17, 15) is 4.39 Å². The second kappa shape index (κ2) is 6.75. The summed E-state index contributed by atoms with van der Waals surface area (Å²) in [5.74, 6) is -0.240. The predicted octanol–water partition coefficient (Wildman–Crippen LogP) is 2.97. The van der Waals surface area contributed by atoms with E-state index in [0.29, 0.717) is 6.54 Å². The van der Waals surface area contributed by atoms with Gasteiger partial charge in [0.1, 0.15) is 5.82 Å². The molecular formula is C17H20FN5. The van der Waals surface area contributed by atoms with Crippen LogP contribution in [0.4, 0.5) is 4.39 Å². The Morgan fingerprint density at radius 3 is 2.70 bits per heavy atom. The maximum Gasteiger partial charge on any atom is 0.123 e. The van der Waals surface area contributed by atoms with Crippen molar-refractivity contribution in [2.24, 2.45) is 0 Å². The Balaban J connectivity index is 1.62. The molecule has 0 aliphatic heterocycles. The van der Waals surface area contributed by atoms with Crippen LogP contribution in [0.5, 0.6) is 0 Å². The summed E-state index contributed by atoms with van der Waals surface area (Å²) in [6.07, 6.45) is 2.66. The van der Waals surface area contributed by atoms with Gasteiger partial charge < -0.3 is 5.32 Å². The lowest BCUT2D eigenvalue weighted by Crippen LogP contribution is -2.27. The van der Waals surface area contributed by atoms with Crippen LogP contribution < -0.4 is 5.32 Å². The number of aryl methyl sites for hydroxylation is 1. The van der Waals surface area contributed by atoms with Gasteiger partial charge in [-0.3, -0.25) is 10.2 Å². The van der Waals surface area contributed by atoms with Gasteiger partial charge >= 0.3 is 0 Å². The zero-order chi connectivity index (χ0) is 16.2. The molecule has 1 aromatic carbocycles. The molecule has 120 valence electrons. The van der Waals surface area contributed by atoms with E-state index < -0.39 is 0 Å². The summed E-state index contributed by atoms with van der Waals surface area (Å²) in [4.78, 5) is 0. The van der Waals surface area contributed by atoms with Crippen molar-refractivity contribution >= 4 is 0 Å². The van der Waals surface area contributed by atoms with Crippen LogP contribution in [0.1, 0.15) is 23.9 Å². The van der Waals surface area contributed by atoms with Crippen LogP contribution in [-0.4, -0.2) is 26.4 Å². The highest BCUT2D eigenvalue weighted by molar-refractivity contribution is 5.62. The molecular weight excluding hydrogens is 293 g/mol. The molecule has 3 aromatic rings. The molecule has 0 aliphatic rings. The second-order valence-corrected chi connectivity index (χ2v) is 5.81. The van der Waals surface area contributed by atoms with Crippen LogP contribution in [-0.2, 0) is 13.0 Å². The van der Waals surface area contributed by atoms with Crippen LogP contribution in [0.3, 0.4) is 0 Å². The molecule has 2 aromatic heterocycles. The minimum atomic E-state index is -0.240. The first-order chi connectivity index (χ1) is 11.1. The van der Waals surface area contributed by atoms with Gasteiger partial charge in [-0.1, -0.05) is 0 Å². The molecule has 1 atom stereocenters. The number of hydrogen-bond acceptors (Lipinski definition) is 3. The van der Waals surface area contributed by atoms with Gasteiger partial charge in [0.2, 0.25) is 0 Å². The van der Waals surface area contributed by atoms with Gasteiger partial charge in [0.25, 0.3) is 0 Å². The Labute approximate surface area is 134 Å². The van der Waals surface area contributed by atoms with Crippen LogP contribution in [0.25, 0.3) is 11.3 Å². The molecule has 0 spiro atoms. The van der Waals surface area contributed by atoms with E-state index in [0.717, 1.165) is 34.6 Å². The van der Waals surface area contributed by atoms with E-state index in [1.54, 1.807) is 18.3 Å². The number of aromatic amines is 2. The molecule has 3 rings (SSSR count). The van der Waals surface area contributed by atoms with Gasteiger partial charge in [-0.2, -0.15) is 10.2 Å². The molecule has 6 heteroatoms. The maximum absolute atomic E-state index is 13.0. The maximum atomic E-state index is 13.0. The van der Waals surface area contributed by atoms with Crippen LogP contribution in [0, 0.1) is 12.7 Å². The van der Waals surface area contributed by atoms with E-state index in [-0.39, 0.29) is 11.9 Å². The monoisotopic (exact) mass is 313 g/mol. The number of rotatable bonds is 6. The predicted molar refractivity (Wildman–Crippen MR) is 87.3 cm³/mol. The first-order valence-electron chi connectivity index (χ1n) is 7.64. The molecule has 0 bridgehead atoms. The second-order valence-electron chi connectivity index (χ2n) is 5.81. The molecule has 0 fully saturated rings. The average Bonchev–Trinajstić information content (AvgIpc) is 3.15. The molecule has 5 nitrogen and oxygen atoms in total. The van der Waals surface area contributed by atoms with E-state index in [1.165, 1.54) is 12.1 Å². The van der Waals surface area contributed by atoms with Gasteiger partial charge in [0.15, 0.2) is 0 Å². The molecule has 2 heterocycles. The summed E-state index contributed by atoms with van der Waals surface area (Å²) >= 11 is 0. The standard InChI is InChI=1S/C17H20FN5/c1-11(7-16-8-12(2)21-22-16)19-9-14-10-20-23-17(14)13-3-5-15(18)6-4-13/h3-6,8,10-11,19H,7,9H2,1-2H3,(H,20,23)(H,21,22)/t11-/m1/s1. The Morgan fingerprint density at radius 2 is 2.00 bits per heavy atom. The van der Waals surface area contributed by atoms with Crippen LogP contribution in [0.2, 0.25) is 0 Å². The zero-order valence-electron chi connectivity index (χ0n) is 13.2. The highest BCUT2D eigenvalue weighted by Crippen LogP contribution is 2.21. The van der Waals surface area contributed by atoms with Gasteiger partial charge in [0.05, 0.1) is 17.6 Å². The largest absolute Gasteiger partial charge is 0.310 e. The van der Waals surface area contributed by atoms with Crippen molar-refractivity contribution in [2.45, 2.75) is 32.9 Å². The highest BCUT2D eigenvalue weighted by Gasteiger charge is 2.10. The van der Waals surface area contributed by atoms with E-state index >= 15 is 0 Å². The number of halogens is 1. The molecule has 0 saturated heterocycles. The Hall–Kier alpha value is -2.47. The van der Waals surface area contributed by atoms with E-state index in [1.807, 2.05) is 6.92 Å². The lowest BCUT2D eigenvalue weighted by atomic mass is 10.1. The van der Waals surface area contributed by atoms with Gasteiger partial charge in [-0.25, -0.2) is 4.39 Å². The molecule has 23 heavy (non-hydrogen) atoms. The van der Waals surface area contributed by atoms with Crippen LogP contribution >= 0.6 is 0 Å². The lowest BCUT2D eigenvalue weighted by molar-refractivity contribution is 0.540. The summed E-state index contributed by atoms with van der Waals surface area (Å²) in [5.41, 5.74) is 5.02. The molecule has 0 saturated carbocycles. The summed E-state index contributed by atoms with van der Waals surface area (Å²) in [6.45, 7) is 4.81. The minimum Gasteiger partial charge on any atom is -0.310 e. The summed E-state index contributed by atoms with van der Waals surface area (Å²) < 4.78 is 13.0. The highest BCUT2D eigenvalue weighted by atomic mass is 19.1. The fourth-order valence-corrected chi connectivity index (χ4v) is 2.56. The SMILES string of the molecule is Cc1cc(C[C@@H](C)NCc2cn[nH]c2-c2ccc(F)cc2)n[nH]1. The fourth-order valence-electron chi connectivity index (χ4n) is 2.56. The van der Waals surface area contributed by atoms with Gasteiger partial charge in [-0.15, -0.1) is 0 Å². The molecule has 0 aliphatic carbocycles. The third-order valence-corrected chi connectivity index (χ3v) is 3.77. The Kier molecular flexibility index (Phi) is 4.52. The summed E-state index contributed by atoms with van der Waals surface area (Å²) in [5, 5.41) is 17.8. The van der Waals surface area contributed by atoms with Crippen LogP contribution in [0.15, 0.2) is 36.5 Å². The smallest absolute Gasteiger partial charge is 0.123 e. The number of nitrogens with one attached hydrogen (secondary N) is 3. The normalized spacial score (nSPS) is 12.5. The molecule has 0 radical (unpaired) electrons. The summed E-state index contributed by atoms with van der Waals surface area (Å²) in [7, 11) is 0. The summed E-state index contributed by atoms with van der Waals surface area (Å²) in [6, 6.07) is 8.75. The number of hydrogen-bond donors (Lipinski definition) is 3. The number of aromatic nitrogens is 4. The molecule has 0 amide bonds. The number of benzene rings is 1. The molecule has 3 N–H and O–H groups in total. The Bertz CT molecular complexity index is 759. The van der Waals surface area contributed by atoms with Crippen molar-refractivity contribution in [3.8, 4) is 11.3 Å².